The zero-order valence-electron chi connectivity index (χ0n) is 26.3. The Morgan fingerprint density at radius 2 is 1.19 bits per heavy atom. The molecule has 0 amide bonds. The van der Waals surface area contributed by atoms with Crippen molar-refractivity contribution in [2.24, 2.45) is 0 Å². The first-order chi connectivity index (χ1) is 20.2. The molecular formula is C35H52O2S4Si. The van der Waals surface area contributed by atoms with E-state index in [2.05, 4.69) is 135 Å². The maximum absolute atomic E-state index is 13.7. The van der Waals surface area contributed by atoms with Gasteiger partial charge in [-0.25, -0.2) is 0 Å². The lowest BCUT2D eigenvalue weighted by atomic mass is 10.0. The summed E-state index contributed by atoms with van der Waals surface area (Å²) in [6, 6.07) is 21.9. The van der Waals surface area contributed by atoms with Crippen molar-refractivity contribution in [2.45, 2.75) is 105 Å². The molecule has 2 saturated heterocycles. The van der Waals surface area contributed by atoms with Gasteiger partial charge in [-0.05, 0) is 76.9 Å². The molecule has 0 aliphatic carbocycles. The van der Waals surface area contributed by atoms with E-state index in [9.17, 15) is 4.79 Å². The summed E-state index contributed by atoms with van der Waals surface area (Å²) in [6.45, 7) is 10.1. The van der Waals surface area contributed by atoms with Crippen molar-refractivity contribution >= 4 is 71.5 Å². The molecule has 2 aromatic rings. The molecule has 0 bridgehead atoms. The molecular weight excluding hydrogens is 609 g/mol. The summed E-state index contributed by atoms with van der Waals surface area (Å²) < 4.78 is 7.34. The van der Waals surface area contributed by atoms with E-state index < -0.39 is 8.32 Å². The Morgan fingerprint density at radius 3 is 1.62 bits per heavy atom. The minimum Gasteiger partial charge on any atom is -0.407 e. The number of rotatable bonds is 15. The lowest BCUT2D eigenvalue weighted by Crippen LogP contribution is -2.66. The minimum atomic E-state index is -2.50. The van der Waals surface area contributed by atoms with Crippen molar-refractivity contribution in [2.75, 3.05) is 29.6 Å². The summed E-state index contributed by atoms with van der Waals surface area (Å²) in [5.41, 5.74) is 0. The number of Topliss-reactive ketones (excluding diaryl/α,β-unsaturated/α-hetero) is 1. The Balaban J connectivity index is 1.41. The standard InChI is InChI=1S/C35H52O2S4Si/c1-5-6-21-34(38-24-15-25-39-34)28-30(36)29-35(40-26-16-27-41-35)22-13-14-23-37-42(33(2,3)4,31-17-9-7-10-18-31)32-19-11-8-12-20-32/h7-12,17-20H,5-6,13-16,21-29H2,1-4H3. The lowest BCUT2D eigenvalue weighted by molar-refractivity contribution is -0.119. The summed E-state index contributed by atoms with van der Waals surface area (Å²) in [5.74, 6) is 5.29. The molecule has 2 fully saturated rings. The molecule has 0 saturated carbocycles. The molecule has 2 nitrogen and oxygen atoms in total. The van der Waals surface area contributed by atoms with Crippen LogP contribution in [0.1, 0.15) is 91.9 Å². The van der Waals surface area contributed by atoms with Gasteiger partial charge in [0.1, 0.15) is 5.78 Å². The van der Waals surface area contributed by atoms with Gasteiger partial charge in [-0.15, -0.1) is 47.0 Å². The summed E-state index contributed by atoms with van der Waals surface area (Å²) in [7, 11) is -2.50. The van der Waals surface area contributed by atoms with Crippen LogP contribution in [-0.4, -0.2) is 51.9 Å². The Morgan fingerprint density at radius 1 is 0.738 bits per heavy atom. The van der Waals surface area contributed by atoms with Gasteiger partial charge in [0.25, 0.3) is 8.32 Å². The monoisotopic (exact) mass is 660 g/mol. The number of thioether (sulfide) groups is 4. The highest BCUT2D eigenvalue weighted by Crippen LogP contribution is 2.52. The predicted molar refractivity (Wildman–Crippen MR) is 196 cm³/mol. The largest absolute Gasteiger partial charge is 0.407 e. The number of carbonyl (C=O) groups is 1. The number of carbonyl (C=O) groups excluding carboxylic acids is 1. The molecule has 4 rings (SSSR count). The van der Waals surface area contributed by atoms with Crippen LogP contribution in [0.3, 0.4) is 0 Å². The second-order valence-corrected chi connectivity index (χ2v) is 23.6. The fourth-order valence-electron chi connectivity index (χ4n) is 6.50. The van der Waals surface area contributed by atoms with E-state index >= 15 is 0 Å². The van der Waals surface area contributed by atoms with Crippen molar-refractivity contribution < 1.29 is 9.22 Å². The number of hydrogen-bond donors (Lipinski definition) is 0. The first-order valence-corrected chi connectivity index (χ1v) is 21.9. The summed E-state index contributed by atoms with van der Waals surface area (Å²) in [6.07, 6.45) is 10.9. The molecule has 2 aliphatic heterocycles. The van der Waals surface area contributed by atoms with Gasteiger partial charge >= 0.3 is 0 Å². The molecule has 42 heavy (non-hydrogen) atoms. The van der Waals surface area contributed by atoms with Gasteiger partial charge < -0.3 is 4.43 Å². The number of unbranched alkanes of at least 4 members (excludes halogenated alkanes) is 2. The maximum Gasteiger partial charge on any atom is 0.261 e. The van der Waals surface area contributed by atoms with Gasteiger partial charge in [-0.2, -0.15) is 0 Å². The van der Waals surface area contributed by atoms with Gasteiger partial charge in [0.2, 0.25) is 0 Å². The molecule has 7 heteroatoms. The third kappa shape index (κ3) is 8.90. The van der Waals surface area contributed by atoms with E-state index in [0.717, 1.165) is 38.7 Å². The third-order valence-corrected chi connectivity index (χ3v) is 20.5. The zero-order valence-corrected chi connectivity index (χ0v) is 30.6. The zero-order chi connectivity index (χ0) is 29.9. The summed E-state index contributed by atoms with van der Waals surface area (Å²) in [4.78, 5) is 13.7. The van der Waals surface area contributed by atoms with E-state index in [-0.39, 0.29) is 13.2 Å². The molecule has 0 aromatic heterocycles. The van der Waals surface area contributed by atoms with Crippen LogP contribution in [0, 0.1) is 0 Å². The van der Waals surface area contributed by atoms with Gasteiger partial charge in [0.15, 0.2) is 0 Å². The van der Waals surface area contributed by atoms with Crippen LogP contribution >= 0.6 is 47.0 Å². The fourth-order valence-corrected chi connectivity index (χ4v) is 18.0. The Labute approximate surface area is 274 Å². The fraction of sp³-hybridized carbons (Fsp3) is 0.629. The van der Waals surface area contributed by atoms with Crippen LogP contribution in [-0.2, 0) is 9.22 Å². The van der Waals surface area contributed by atoms with Crippen molar-refractivity contribution in [3.8, 4) is 0 Å². The summed E-state index contributed by atoms with van der Waals surface area (Å²) in [5, 5.41) is 2.70. The van der Waals surface area contributed by atoms with Crippen LogP contribution in [0.4, 0.5) is 0 Å². The van der Waals surface area contributed by atoms with Crippen molar-refractivity contribution in [1.29, 1.82) is 0 Å². The second kappa shape index (κ2) is 16.3. The van der Waals surface area contributed by atoms with Crippen molar-refractivity contribution in [3.05, 3.63) is 60.7 Å². The van der Waals surface area contributed by atoms with Crippen LogP contribution < -0.4 is 10.4 Å². The highest BCUT2D eigenvalue weighted by molar-refractivity contribution is 8.19. The van der Waals surface area contributed by atoms with Crippen LogP contribution in [0.2, 0.25) is 5.04 Å². The van der Waals surface area contributed by atoms with Gasteiger partial charge in [-0.1, -0.05) is 101 Å². The predicted octanol–water partition coefficient (Wildman–Crippen LogP) is 9.41. The van der Waals surface area contributed by atoms with E-state index in [1.807, 2.05) is 0 Å². The average Bonchev–Trinajstić information content (AvgIpc) is 2.99. The molecule has 0 spiro atoms. The van der Waals surface area contributed by atoms with Crippen molar-refractivity contribution in [1.82, 2.24) is 0 Å². The Hall–Kier alpha value is -0.313. The molecule has 2 aromatic carbocycles. The molecule has 2 heterocycles. The average molecular weight is 661 g/mol. The maximum atomic E-state index is 13.7. The Kier molecular flexibility index (Phi) is 13.4. The first kappa shape index (κ1) is 34.6. The highest BCUT2D eigenvalue weighted by atomic mass is 32.2. The third-order valence-electron chi connectivity index (χ3n) is 8.57. The topological polar surface area (TPSA) is 26.3 Å². The molecule has 232 valence electrons. The van der Waals surface area contributed by atoms with Crippen molar-refractivity contribution in [3.63, 3.8) is 0 Å². The Bertz CT molecular complexity index is 1040. The van der Waals surface area contributed by atoms with Gasteiger partial charge in [0, 0.05) is 19.4 Å². The van der Waals surface area contributed by atoms with Gasteiger partial charge in [0.05, 0.1) is 8.16 Å². The van der Waals surface area contributed by atoms with Crippen LogP contribution in [0.25, 0.3) is 0 Å². The SMILES string of the molecule is CCCCC1(CC(=O)CC2(CCCCO[Si](c3ccccc3)(c3ccccc3)C(C)(C)C)SCCCS2)SCCCS1. The number of hydrogen-bond acceptors (Lipinski definition) is 6. The molecule has 2 aliphatic rings. The first-order valence-electron chi connectivity index (χ1n) is 16.1. The smallest absolute Gasteiger partial charge is 0.261 e. The second-order valence-electron chi connectivity index (χ2n) is 12.9. The van der Waals surface area contributed by atoms with Crippen LogP contribution in [0.5, 0.6) is 0 Å². The minimum absolute atomic E-state index is 0.00129. The van der Waals surface area contributed by atoms with E-state index in [1.54, 1.807) is 0 Å². The van der Waals surface area contributed by atoms with E-state index in [4.69, 9.17) is 4.43 Å². The normalized spacial score (nSPS) is 19.0. The van der Waals surface area contributed by atoms with E-state index in [0.29, 0.717) is 5.78 Å². The molecule has 0 N–H and O–H groups in total. The van der Waals surface area contributed by atoms with Crippen LogP contribution in [0.15, 0.2) is 60.7 Å². The van der Waals surface area contributed by atoms with E-state index in [1.165, 1.54) is 65.5 Å². The molecule has 0 atom stereocenters. The summed E-state index contributed by atoms with van der Waals surface area (Å²) >= 11 is 8.31. The highest BCUT2D eigenvalue weighted by Gasteiger charge is 2.50. The quantitative estimate of drug-likeness (QED) is 0.140. The molecule has 0 radical (unpaired) electrons. The number of ketones is 1. The lowest BCUT2D eigenvalue weighted by Gasteiger charge is -2.43. The molecule has 0 unspecified atom stereocenters. The van der Waals surface area contributed by atoms with Gasteiger partial charge in [-0.3, -0.25) is 4.79 Å². The number of benzene rings is 2.